The molecular formula is C18H23N3O. The van der Waals surface area contributed by atoms with E-state index in [1.807, 2.05) is 0 Å². The molecule has 1 aromatic carbocycles. The number of hydrogen-bond acceptors (Lipinski definition) is 4. The number of rotatable bonds is 3. The van der Waals surface area contributed by atoms with Gasteiger partial charge in [-0.25, -0.2) is 4.99 Å². The summed E-state index contributed by atoms with van der Waals surface area (Å²) in [5, 5.41) is 8.69. The molecule has 116 valence electrons. The van der Waals surface area contributed by atoms with Crippen molar-refractivity contribution in [2.75, 3.05) is 6.61 Å². The van der Waals surface area contributed by atoms with E-state index in [1.165, 1.54) is 16.7 Å². The van der Waals surface area contributed by atoms with Crippen molar-refractivity contribution in [3.8, 4) is 6.07 Å². The van der Waals surface area contributed by atoms with Crippen molar-refractivity contribution in [2.24, 2.45) is 16.1 Å². The lowest BCUT2D eigenvalue weighted by Gasteiger charge is -2.41. The molecule has 4 nitrogen and oxygen atoms in total. The number of aliphatic imine (C=N–C) groups is 1. The quantitative estimate of drug-likeness (QED) is 0.872. The number of fused-ring (bicyclic) bond motifs is 2. The van der Waals surface area contributed by atoms with Crippen LogP contribution >= 0.6 is 0 Å². The Hall–Kier alpha value is -2.02. The highest BCUT2D eigenvalue weighted by Crippen LogP contribution is 2.48. The second-order valence-electron chi connectivity index (χ2n) is 7.29. The maximum absolute atomic E-state index is 8.69. The molecule has 1 heterocycles. The van der Waals surface area contributed by atoms with E-state index in [-0.39, 0.29) is 11.0 Å². The average Bonchev–Trinajstić information content (AvgIpc) is 2.80. The molecule has 1 aromatic rings. The Morgan fingerprint density at radius 2 is 2.23 bits per heavy atom. The van der Waals surface area contributed by atoms with Gasteiger partial charge < -0.3 is 10.5 Å². The van der Waals surface area contributed by atoms with Crippen LogP contribution in [0.2, 0.25) is 0 Å². The Morgan fingerprint density at radius 3 is 2.91 bits per heavy atom. The van der Waals surface area contributed by atoms with E-state index in [1.54, 1.807) is 0 Å². The zero-order valence-electron chi connectivity index (χ0n) is 13.4. The first-order valence-corrected chi connectivity index (χ1v) is 7.92. The maximum atomic E-state index is 8.69. The summed E-state index contributed by atoms with van der Waals surface area (Å²) >= 11 is 0. The molecule has 0 fully saturated rings. The van der Waals surface area contributed by atoms with Gasteiger partial charge in [0.05, 0.1) is 6.07 Å². The van der Waals surface area contributed by atoms with E-state index in [9.17, 15) is 0 Å². The van der Waals surface area contributed by atoms with Gasteiger partial charge in [-0.05, 0) is 47.8 Å². The number of nitrogens with two attached hydrogens (primary N) is 1. The minimum atomic E-state index is -0.327. The van der Waals surface area contributed by atoms with Gasteiger partial charge in [-0.1, -0.05) is 32.0 Å². The summed E-state index contributed by atoms with van der Waals surface area (Å²) in [6, 6.07) is 9.18. The monoisotopic (exact) mass is 297 g/mol. The lowest BCUT2D eigenvalue weighted by Crippen LogP contribution is -2.39. The molecule has 1 spiro atoms. The topological polar surface area (TPSA) is 71.4 Å². The molecule has 1 unspecified atom stereocenters. The normalized spacial score (nSPS) is 25.2. The number of benzene rings is 1. The number of amidine groups is 1. The molecule has 4 heteroatoms. The molecule has 1 aliphatic heterocycles. The van der Waals surface area contributed by atoms with Gasteiger partial charge in [-0.15, -0.1) is 0 Å². The molecule has 1 aliphatic carbocycles. The molecule has 0 radical (unpaired) electrons. The summed E-state index contributed by atoms with van der Waals surface area (Å²) < 4.78 is 5.52. The third kappa shape index (κ3) is 2.68. The highest BCUT2D eigenvalue weighted by Gasteiger charge is 2.47. The van der Waals surface area contributed by atoms with Crippen LogP contribution in [0.5, 0.6) is 0 Å². The van der Waals surface area contributed by atoms with Gasteiger partial charge >= 0.3 is 0 Å². The second kappa shape index (κ2) is 5.31. The fourth-order valence-corrected chi connectivity index (χ4v) is 3.90. The fraction of sp³-hybridized carbons (Fsp3) is 0.556. The predicted molar refractivity (Wildman–Crippen MR) is 86.3 cm³/mol. The molecule has 0 bridgehead atoms. The van der Waals surface area contributed by atoms with E-state index >= 15 is 0 Å². The summed E-state index contributed by atoms with van der Waals surface area (Å²) in [5.41, 5.74) is 9.56. The van der Waals surface area contributed by atoms with Gasteiger partial charge in [-0.3, -0.25) is 0 Å². The van der Waals surface area contributed by atoms with Gasteiger partial charge in [0.2, 0.25) is 0 Å². The number of ether oxygens (including phenoxy) is 1. The van der Waals surface area contributed by atoms with Crippen molar-refractivity contribution in [1.82, 2.24) is 0 Å². The standard InChI is InChI=1S/C18H23N3O/c1-17(2)10-14-7-6-13(5-3-4-8-19)9-15(14)18(11-17)12-22-16(20)21-18/h6-7,9H,3-5,10-12H2,1-2H3,(H2,20,21). The molecule has 0 saturated heterocycles. The van der Waals surface area contributed by atoms with Gasteiger partial charge in [0, 0.05) is 6.42 Å². The van der Waals surface area contributed by atoms with Crippen LogP contribution in [0, 0.1) is 16.7 Å². The molecular weight excluding hydrogens is 274 g/mol. The van der Waals surface area contributed by atoms with Crippen LogP contribution in [-0.4, -0.2) is 12.6 Å². The fourth-order valence-electron chi connectivity index (χ4n) is 3.90. The highest BCUT2D eigenvalue weighted by molar-refractivity contribution is 5.74. The number of aryl methyl sites for hydroxylation is 1. The lowest BCUT2D eigenvalue weighted by atomic mass is 9.65. The van der Waals surface area contributed by atoms with Crippen LogP contribution in [-0.2, 0) is 23.1 Å². The summed E-state index contributed by atoms with van der Waals surface area (Å²) in [5.74, 6) is 0. The van der Waals surface area contributed by atoms with Gasteiger partial charge in [0.1, 0.15) is 12.1 Å². The molecule has 1 atom stereocenters. The largest absolute Gasteiger partial charge is 0.462 e. The lowest BCUT2D eigenvalue weighted by molar-refractivity contribution is 0.163. The second-order valence-corrected chi connectivity index (χ2v) is 7.29. The first-order valence-electron chi connectivity index (χ1n) is 7.92. The maximum Gasteiger partial charge on any atom is 0.283 e. The Bertz CT molecular complexity index is 657. The third-order valence-corrected chi connectivity index (χ3v) is 4.65. The van der Waals surface area contributed by atoms with Crippen LogP contribution in [0.3, 0.4) is 0 Å². The van der Waals surface area contributed by atoms with Crippen molar-refractivity contribution >= 4 is 6.02 Å². The van der Waals surface area contributed by atoms with E-state index < -0.39 is 0 Å². The van der Waals surface area contributed by atoms with Crippen molar-refractivity contribution in [3.05, 3.63) is 34.9 Å². The van der Waals surface area contributed by atoms with Crippen LogP contribution in [0.15, 0.2) is 23.2 Å². The van der Waals surface area contributed by atoms with Crippen LogP contribution in [0.25, 0.3) is 0 Å². The third-order valence-electron chi connectivity index (χ3n) is 4.65. The number of unbranched alkanes of at least 4 members (excludes halogenated alkanes) is 1. The van der Waals surface area contributed by atoms with Crippen LogP contribution < -0.4 is 5.73 Å². The van der Waals surface area contributed by atoms with E-state index in [0.29, 0.717) is 19.0 Å². The SMILES string of the molecule is CC1(C)Cc2ccc(CCCC#N)cc2C2(COC(N)=N2)C1. The Labute approximate surface area is 132 Å². The smallest absolute Gasteiger partial charge is 0.283 e. The first-order chi connectivity index (χ1) is 10.4. The first kappa shape index (κ1) is 14.9. The van der Waals surface area contributed by atoms with Crippen LogP contribution in [0.1, 0.15) is 49.8 Å². The number of hydrogen-bond donors (Lipinski definition) is 1. The van der Waals surface area contributed by atoms with E-state index in [0.717, 1.165) is 25.7 Å². The molecule has 0 saturated carbocycles. The minimum Gasteiger partial charge on any atom is -0.462 e. The van der Waals surface area contributed by atoms with E-state index in [2.05, 4.69) is 43.1 Å². The number of nitrogens with zero attached hydrogens (tertiary/aromatic N) is 2. The van der Waals surface area contributed by atoms with Gasteiger partial charge in [0.25, 0.3) is 6.02 Å². The molecule has 0 amide bonds. The summed E-state index contributed by atoms with van der Waals surface area (Å²) in [6.07, 6.45) is 4.44. The minimum absolute atomic E-state index is 0.187. The Balaban J connectivity index is 1.98. The van der Waals surface area contributed by atoms with Crippen molar-refractivity contribution in [1.29, 1.82) is 5.26 Å². The zero-order chi connectivity index (χ0) is 15.8. The zero-order valence-corrected chi connectivity index (χ0v) is 13.4. The van der Waals surface area contributed by atoms with Crippen molar-refractivity contribution < 1.29 is 4.74 Å². The molecule has 0 aromatic heterocycles. The van der Waals surface area contributed by atoms with Crippen molar-refractivity contribution in [2.45, 2.75) is 51.5 Å². The highest BCUT2D eigenvalue weighted by atomic mass is 16.5. The van der Waals surface area contributed by atoms with Gasteiger partial charge in [-0.2, -0.15) is 5.26 Å². The Morgan fingerprint density at radius 1 is 1.41 bits per heavy atom. The molecule has 3 rings (SSSR count). The Kier molecular flexibility index (Phi) is 3.60. The number of nitriles is 1. The van der Waals surface area contributed by atoms with Crippen molar-refractivity contribution in [3.63, 3.8) is 0 Å². The van der Waals surface area contributed by atoms with E-state index in [4.69, 9.17) is 15.7 Å². The average molecular weight is 297 g/mol. The summed E-state index contributed by atoms with van der Waals surface area (Å²) in [7, 11) is 0. The molecule has 2 aliphatic rings. The van der Waals surface area contributed by atoms with Gasteiger partial charge in [0.15, 0.2) is 0 Å². The summed E-state index contributed by atoms with van der Waals surface area (Å²) in [4.78, 5) is 4.67. The molecule has 2 N–H and O–H groups in total. The molecule has 22 heavy (non-hydrogen) atoms. The summed E-state index contributed by atoms with van der Waals surface area (Å²) in [6.45, 7) is 5.10. The van der Waals surface area contributed by atoms with Crippen LogP contribution in [0.4, 0.5) is 0 Å². The predicted octanol–water partition coefficient (Wildman–Crippen LogP) is 3.05.